The lowest BCUT2D eigenvalue weighted by Crippen LogP contribution is -2.08. The molecule has 4 heterocycles. The Morgan fingerprint density at radius 2 is 1.25 bits per heavy atom. The van der Waals surface area contributed by atoms with Crippen LogP contribution in [-0.4, -0.2) is 29.5 Å². The van der Waals surface area contributed by atoms with Gasteiger partial charge in [0.2, 0.25) is 5.69 Å². The van der Waals surface area contributed by atoms with Gasteiger partial charge in [0.05, 0.1) is 41.7 Å². The van der Waals surface area contributed by atoms with Crippen LogP contribution in [0.2, 0.25) is 0 Å². The summed E-state index contributed by atoms with van der Waals surface area (Å²) in [6.45, 7) is 7.48. The molecule has 0 saturated heterocycles. The van der Waals surface area contributed by atoms with Crippen LogP contribution in [0.25, 0.3) is 16.2 Å². The molecule has 14 heteroatoms. The number of nitrogens with zero attached hydrogens (tertiary/aromatic N) is 7. The summed E-state index contributed by atoms with van der Waals surface area (Å²) in [6, 6.07) is 4.52. The number of hydrogen-bond donors (Lipinski definition) is 1. The molecule has 2 saturated carbocycles. The van der Waals surface area contributed by atoms with Gasteiger partial charge in [-0.15, -0.1) is 0 Å². The molecule has 2 fully saturated rings. The molecular weight excluding hydrogens is 538 g/mol. The first-order valence-corrected chi connectivity index (χ1v) is 12.3. The van der Waals surface area contributed by atoms with Gasteiger partial charge in [0.15, 0.2) is 0 Å². The van der Waals surface area contributed by atoms with E-state index in [0.717, 1.165) is 61.0 Å². The second-order valence-electron chi connectivity index (χ2n) is 9.49. The van der Waals surface area contributed by atoms with Crippen molar-refractivity contribution in [3.05, 3.63) is 88.8 Å². The van der Waals surface area contributed by atoms with Crippen LogP contribution in [0.3, 0.4) is 0 Å². The summed E-state index contributed by atoms with van der Waals surface area (Å²) in [7, 11) is 0. The van der Waals surface area contributed by atoms with Crippen molar-refractivity contribution in [2.45, 2.75) is 56.4 Å². The number of alkyl halides is 6. The molecular formula is C26H22F6N8. The smallest absolute Gasteiger partial charge is 0.326 e. The van der Waals surface area contributed by atoms with Crippen molar-refractivity contribution in [2.75, 3.05) is 0 Å². The van der Waals surface area contributed by atoms with Crippen LogP contribution in [-0.2, 0) is 18.9 Å². The van der Waals surface area contributed by atoms with Gasteiger partial charge in [-0.05, 0) is 55.9 Å². The molecule has 8 nitrogen and oxygen atoms in total. The normalized spacial score (nSPS) is 15.3. The molecule has 0 bridgehead atoms. The highest BCUT2D eigenvalue weighted by molar-refractivity contribution is 5.52. The number of nitrogens with two attached hydrogens (primary N) is 1. The third-order valence-corrected chi connectivity index (χ3v) is 6.42. The average molecular weight is 561 g/mol. The third kappa shape index (κ3) is 5.99. The molecule has 2 aliphatic rings. The van der Waals surface area contributed by atoms with E-state index in [9.17, 15) is 26.3 Å². The number of rotatable bonds is 5. The van der Waals surface area contributed by atoms with Crippen molar-refractivity contribution in [1.82, 2.24) is 29.5 Å². The lowest BCUT2D eigenvalue weighted by molar-refractivity contribution is -0.141. The minimum Gasteiger partial charge on any atom is -0.326 e. The molecule has 0 unspecified atom stereocenters. The van der Waals surface area contributed by atoms with Crippen molar-refractivity contribution < 1.29 is 26.3 Å². The van der Waals surface area contributed by atoms with Gasteiger partial charge in [-0.3, -0.25) is 4.68 Å². The molecule has 6 rings (SSSR count). The lowest BCUT2D eigenvalue weighted by Gasteiger charge is -2.06. The first-order chi connectivity index (χ1) is 19.0. The van der Waals surface area contributed by atoms with Crippen molar-refractivity contribution in [3.63, 3.8) is 0 Å². The number of halogens is 6. The second-order valence-corrected chi connectivity index (χ2v) is 9.49. The van der Waals surface area contributed by atoms with E-state index >= 15 is 0 Å². The van der Waals surface area contributed by atoms with Crippen LogP contribution in [0.15, 0.2) is 49.1 Å². The van der Waals surface area contributed by atoms with Gasteiger partial charge in [-0.2, -0.15) is 36.5 Å². The first kappa shape index (κ1) is 27.3. The van der Waals surface area contributed by atoms with Crippen molar-refractivity contribution in [1.29, 1.82) is 0 Å². The van der Waals surface area contributed by atoms with Crippen LogP contribution < -0.4 is 5.73 Å². The Hall–Kier alpha value is -4.25. The minimum absolute atomic E-state index is 0.308. The Kier molecular flexibility index (Phi) is 7.09. The Labute approximate surface area is 224 Å². The van der Waals surface area contributed by atoms with E-state index in [4.69, 9.17) is 12.3 Å². The first-order valence-electron chi connectivity index (χ1n) is 12.3. The zero-order chi connectivity index (χ0) is 28.7. The summed E-state index contributed by atoms with van der Waals surface area (Å²) in [5.41, 5.74) is 7.79. The zero-order valence-electron chi connectivity index (χ0n) is 20.8. The Bertz CT molecular complexity index is 1520. The molecule has 0 aromatic carbocycles. The molecule has 40 heavy (non-hydrogen) atoms. The van der Waals surface area contributed by atoms with Gasteiger partial charge in [0, 0.05) is 30.4 Å². The number of hydrogen-bond acceptors (Lipinski definition) is 5. The van der Waals surface area contributed by atoms with Gasteiger partial charge < -0.3 is 5.73 Å². The molecule has 0 amide bonds. The highest BCUT2D eigenvalue weighted by Gasteiger charge is 2.34. The van der Waals surface area contributed by atoms with E-state index in [2.05, 4.69) is 25.0 Å². The predicted molar refractivity (Wildman–Crippen MR) is 131 cm³/mol. The Morgan fingerprint density at radius 3 is 1.65 bits per heavy atom. The van der Waals surface area contributed by atoms with Crippen molar-refractivity contribution in [2.24, 2.45) is 5.73 Å². The van der Waals surface area contributed by atoms with Crippen molar-refractivity contribution >= 4 is 5.69 Å². The summed E-state index contributed by atoms with van der Waals surface area (Å²) in [5, 5.41) is 8.71. The molecule has 0 aliphatic heterocycles. The topological polar surface area (TPSA) is 91.8 Å². The number of aromatic nitrogens is 6. The monoisotopic (exact) mass is 560 g/mol. The molecule has 208 valence electrons. The SMILES string of the molecule is NCc1cn(-c2ccc(C(F)(F)F)nc2)nc1C1CC1.[C-]#[N+]c1cn(-c2ccc(C(F)(F)F)nc2)nc1C1CC1. The van der Waals surface area contributed by atoms with Crippen LogP contribution in [0.1, 0.15) is 65.9 Å². The fourth-order valence-electron chi connectivity index (χ4n) is 4.04. The molecule has 2 aliphatic carbocycles. The zero-order valence-corrected chi connectivity index (χ0v) is 20.8. The maximum Gasteiger partial charge on any atom is 0.433 e. The van der Waals surface area contributed by atoms with Gasteiger partial charge >= 0.3 is 12.4 Å². The summed E-state index contributed by atoms with van der Waals surface area (Å²) < 4.78 is 77.6. The molecule has 0 atom stereocenters. The predicted octanol–water partition coefficient (Wildman–Crippen LogP) is 6.34. The average Bonchev–Trinajstić information content (AvgIpc) is 3.87. The van der Waals surface area contributed by atoms with Crippen LogP contribution in [0, 0.1) is 6.57 Å². The van der Waals surface area contributed by atoms with Crippen molar-refractivity contribution in [3.8, 4) is 11.4 Å². The maximum atomic E-state index is 12.5. The van der Waals surface area contributed by atoms with Gasteiger partial charge in [0.1, 0.15) is 11.4 Å². The van der Waals surface area contributed by atoms with Gasteiger partial charge in [-0.25, -0.2) is 19.5 Å². The van der Waals surface area contributed by atoms with E-state index in [1.54, 1.807) is 10.9 Å². The Balaban J connectivity index is 0.000000161. The standard InChI is InChI=1S/C13H9F3N4.C13H13F3N4/c1-17-10-7-20(19-12(10)8-2-3-8)9-4-5-11(18-6-9)13(14,15)16;14-13(15,16)11-4-3-10(6-18-11)20-7-9(5-17)12(19-20)8-1-2-8/h4-8H,2-3H2;3-4,6-8H,1-2,5,17H2. The minimum atomic E-state index is -4.45. The summed E-state index contributed by atoms with van der Waals surface area (Å²) in [6.07, 6.45) is 0.893. The molecule has 2 N–H and O–H groups in total. The summed E-state index contributed by atoms with van der Waals surface area (Å²) in [5.74, 6) is 0.750. The van der Waals surface area contributed by atoms with E-state index in [-0.39, 0.29) is 0 Å². The second kappa shape index (κ2) is 10.4. The van der Waals surface area contributed by atoms with E-state index in [1.807, 2.05) is 0 Å². The Morgan fingerprint density at radius 1 is 0.775 bits per heavy atom. The highest BCUT2D eigenvalue weighted by atomic mass is 19.4. The summed E-state index contributed by atoms with van der Waals surface area (Å²) in [4.78, 5) is 10.2. The number of pyridine rings is 2. The fourth-order valence-corrected chi connectivity index (χ4v) is 4.04. The van der Waals surface area contributed by atoms with Crippen LogP contribution in [0.4, 0.5) is 32.0 Å². The molecule has 4 aromatic heterocycles. The van der Waals surface area contributed by atoms with Gasteiger partial charge in [0.25, 0.3) is 0 Å². The molecule has 4 aromatic rings. The van der Waals surface area contributed by atoms with Crippen LogP contribution >= 0.6 is 0 Å². The fraction of sp³-hybridized carbons (Fsp3) is 0.346. The van der Waals surface area contributed by atoms with E-state index in [1.165, 1.54) is 29.2 Å². The molecule has 0 radical (unpaired) electrons. The van der Waals surface area contributed by atoms with Gasteiger partial charge in [-0.1, -0.05) is 0 Å². The maximum absolute atomic E-state index is 12.5. The molecule has 0 spiro atoms. The largest absolute Gasteiger partial charge is 0.433 e. The third-order valence-electron chi connectivity index (χ3n) is 6.42. The quantitative estimate of drug-likeness (QED) is 0.227. The van der Waals surface area contributed by atoms with E-state index < -0.39 is 23.7 Å². The highest BCUT2D eigenvalue weighted by Crippen LogP contribution is 2.44. The summed E-state index contributed by atoms with van der Waals surface area (Å²) >= 11 is 0. The van der Waals surface area contributed by atoms with E-state index in [0.29, 0.717) is 35.4 Å². The van der Waals surface area contributed by atoms with Crippen LogP contribution in [0.5, 0.6) is 0 Å². The lowest BCUT2D eigenvalue weighted by atomic mass is 10.2.